The summed E-state index contributed by atoms with van der Waals surface area (Å²) in [6.45, 7) is 5.40. The molecule has 3 fully saturated rings. The van der Waals surface area contributed by atoms with Crippen molar-refractivity contribution in [2.24, 2.45) is 5.92 Å². The highest BCUT2D eigenvalue weighted by Crippen LogP contribution is 2.32. The highest BCUT2D eigenvalue weighted by molar-refractivity contribution is 5.81. The van der Waals surface area contributed by atoms with Gasteiger partial charge in [-0.3, -0.25) is 4.79 Å². The van der Waals surface area contributed by atoms with Crippen molar-refractivity contribution in [3.63, 3.8) is 0 Å². The number of nitrogens with zero attached hydrogens (tertiary/aromatic N) is 2. The van der Waals surface area contributed by atoms with Gasteiger partial charge < -0.3 is 15.1 Å². The number of piperidine rings is 1. The van der Waals surface area contributed by atoms with Crippen LogP contribution in [-0.2, 0) is 4.79 Å². The maximum atomic E-state index is 12.0. The van der Waals surface area contributed by atoms with Gasteiger partial charge in [-0.25, -0.2) is 0 Å². The zero-order valence-electron chi connectivity index (χ0n) is 12.3. The van der Waals surface area contributed by atoms with E-state index in [1.54, 1.807) is 0 Å². The first-order chi connectivity index (χ1) is 9.13. The van der Waals surface area contributed by atoms with Crippen molar-refractivity contribution in [1.82, 2.24) is 15.1 Å². The average molecular weight is 265 g/mol. The summed E-state index contributed by atoms with van der Waals surface area (Å²) >= 11 is 0. The van der Waals surface area contributed by atoms with Gasteiger partial charge in [0.15, 0.2) is 0 Å². The van der Waals surface area contributed by atoms with Gasteiger partial charge in [-0.1, -0.05) is 0 Å². The Bertz CT molecular complexity index is 324. The standard InChI is InChI=1S/C15H27N3O/c1-11-9-14(10-17(11)2)16-13-5-7-18(8-6-13)15(19)12-3-4-12/h11-14,16H,3-10H2,1-2H3. The fraction of sp³-hybridized carbons (Fsp3) is 0.933. The second kappa shape index (κ2) is 5.41. The number of carbonyl (C=O) groups is 1. The summed E-state index contributed by atoms with van der Waals surface area (Å²) in [6, 6.07) is 1.97. The van der Waals surface area contributed by atoms with Gasteiger partial charge in [0.05, 0.1) is 0 Å². The molecule has 3 rings (SSSR count). The smallest absolute Gasteiger partial charge is 0.225 e. The van der Waals surface area contributed by atoms with Gasteiger partial charge in [-0.15, -0.1) is 0 Å². The molecular formula is C15H27N3O. The summed E-state index contributed by atoms with van der Waals surface area (Å²) in [7, 11) is 2.21. The van der Waals surface area contributed by atoms with Gasteiger partial charge >= 0.3 is 0 Å². The van der Waals surface area contributed by atoms with E-state index in [9.17, 15) is 4.79 Å². The fourth-order valence-electron chi connectivity index (χ4n) is 3.50. The number of hydrogen-bond acceptors (Lipinski definition) is 3. The predicted octanol–water partition coefficient (Wildman–Crippen LogP) is 1.07. The zero-order chi connectivity index (χ0) is 13.4. The van der Waals surface area contributed by atoms with Crippen LogP contribution in [0.1, 0.15) is 39.0 Å². The van der Waals surface area contributed by atoms with Gasteiger partial charge in [0.25, 0.3) is 0 Å². The van der Waals surface area contributed by atoms with Crippen LogP contribution in [0.5, 0.6) is 0 Å². The van der Waals surface area contributed by atoms with Crippen LogP contribution in [0.4, 0.5) is 0 Å². The summed E-state index contributed by atoms with van der Waals surface area (Å²) in [5.41, 5.74) is 0. The van der Waals surface area contributed by atoms with Crippen LogP contribution in [0.2, 0.25) is 0 Å². The number of likely N-dealkylation sites (N-methyl/N-ethyl adjacent to an activating group) is 1. The van der Waals surface area contributed by atoms with Crippen LogP contribution in [0.15, 0.2) is 0 Å². The summed E-state index contributed by atoms with van der Waals surface area (Å²) in [5, 5.41) is 3.80. The van der Waals surface area contributed by atoms with E-state index in [2.05, 4.69) is 29.1 Å². The van der Waals surface area contributed by atoms with Crippen molar-refractivity contribution >= 4 is 5.91 Å². The van der Waals surface area contributed by atoms with Crippen LogP contribution in [0.25, 0.3) is 0 Å². The lowest BCUT2D eigenvalue weighted by molar-refractivity contribution is -0.133. The Balaban J connectivity index is 1.41. The number of carbonyl (C=O) groups excluding carboxylic acids is 1. The molecule has 2 heterocycles. The maximum Gasteiger partial charge on any atom is 0.225 e. The van der Waals surface area contributed by atoms with Crippen LogP contribution in [0.3, 0.4) is 0 Å². The number of nitrogens with one attached hydrogen (secondary N) is 1. The summed E-state index contributed by atoms with van der Waals surface area (Å²) in [4.78, 5) is 16.5. The van der Waals surface area contributed by atoms with E-state index in [0.717, 1.165) is 38.8 Å². The number of likely N-dealkylation sites (tertiary alicyclic amines) is 2. The fourth-order valence-corrected chi connectivity index (χ4v) is 3.50. The minimum atomic E-state index is 0.383. The molecule has 2 atom stereocenters. The van der Waals surface area contributed by atoms with Gasteiger partial charge in [0, 0.05) is 43.7 Å². The van der Waals surface area contributed by atoms with Gasteiger partial charge in [-0.05, 0) is 46.1 Å². The Kier molecular flexibility index (Phi) is 3.81. The van der Waals surface area contributed by atoms with E-state index in [1.807, 2.05) is 0 Å². The molecule has 0 bridgehead atoms. The summed E-state index contributed by atoms with van der Waals surface area (Å²) in [5.74, 6) is 0.807. The maximum absolute atomic E-state index is 12.0. The second-order valence-electron chi connectivity index (χ2n) is 6.76. The quantitative estimate of drug-likeness (QED) is 0.829. The SMILES string of the molecule is CC1CC(NC2CCN(C(=O)C3CC3)CC2)CN1C. The lowest BCUT2D eigenvalue weighted by atomic mass is 10.0. The molecule has 0 aromatic rings. The molecule has 19 heavy (non-hydrogen) atoms. The molecule has 1 amide bonds. The molecule has 1 aliphatic carbocycles. The van der Waals surface area contributed by atoms with Crippen molar-refractivity contribution < 1.29 is 4.79 Å². The molecule has 0 radical (unpaired) electrons. The normalized spacial score (nSPS) is 33.9. The first kappa shape index (κ1) is 13.4. The summed E-state index contributed by atoms with van der Waals surface area (Å²) < 4.78 is 0. The number of amides is 1. The van der Waals surface area contributed by atoms with Crippen molar-refractivity contribution in [2.45, 2.75) is 57.2 Å². The lowest BCUT2D eigenvalue weighted by Gasteiger charge is -2.34. The Morgan fingerprint density at radius 3 is 2.32 bits per heavy atom. The molecule has 0 spiro atoms. The van der Waals surface area contributed by atoms with Gasteiger partial charge in [0.2, 0.25) is 5.91 Å². The third-order valence-corrected chi connectivity index (χ3v) is 5.09. The van der Waals surface area contributed by atoms with E-state index in [4.69, 9.17) is 0 Å². The molecule has 1 saturated carbocycles. The molecule has 4 heteroatoms. The first-order valence-electron chi connectivity index (χ1n) is 7.88. The third kappa shape index (κ3) is 3.11. The van der Waals surface area contributed by atoms with E-state index < -0.39 is 0 Å². The lowest BCUT2D eigenvalue weighted by Crippen LogP contribution is -2.48. The van der Waals surface area contributed by atoms with Crippen molar-refractivity contribution in [3.05, 3.63) is 0 Å². The highest BCUT2D eigenvalue weighted by atomic mass is 16.2. The predicted molar refractivity (Wildman–Crippen MR) is 76.0 cm³/mol. The molecule has 2 aliphatic heterocycles. The molecule has 0 aromatic heterocycles. The molecule has 2 saturated heterocycles. The van der Waals surface area contributed by atoms with Gasteiger partial charge in [-0.2, -0.15) is 0 Å². The van der Waals surface area contributed by atoms with Gasteiger partial charge in [0.1, 0.15) is 0 Å². The van der Waals surface area contributed by atoms with Crippen molar-refractivity contribution in [2.75, 3.05) is 26.7 Å². The summed E-state index contributed by atoms with van der Waals surface area (Å²) in [6.07, 6.45) is 5.78. The Morgan fingerprint density at radius 1 is 1.11 bits per heavy atom. The third-order valence-electron chi connectivity index (χ3n) is 5.09. The highest BCUT2D eigenvalue weighted by Gasteiger charge is 2.35. The van der Waals surface area contributed by atoms with Crippen LogP contribution < -0.4 is 5.32 Å². The number of rotatable bonds is 3. The Morgan fingerprint density at radius 2 is 1.79 bits per heavy atom. The monoisotopic (exact) mass is 265 g/mol. The van der Waals surface area contributed by atoms with Crippen LogP contribution in [0, 0.1) is 5.92 Å². The molecule has 3 aliphatic rings. The van der Waals surface area contributed by atoms with Crippen molar-refractivity contribution in [3.8, 4) is 0 Å². The largest absolute Gasteiger partial charge is 0.342 e. The minimum Gasteiger partial charge on any atom is -0.342 e. The number of hydrogen-bond donors (Lipinski definition) is 1. The topological polar surface area (TPSA) is 35.6 Å². The second-order valence-corrected chi connectivity index (χ2v) is 6.76. The molecule has 1 N–H and O–H groups in total. The van der Waals surface area contributed by atoms with E-state index in [0.29, 0.717) is 30.0 Å². The van der Waals surface area contributed by atoms with Crippen molar-refractivity contribution in [1.29, 1.82) is 0 Å². The minimum absolute atomic E-state index is 0.383. The van der Waals surface area contributed by atoms with E-state index in [1.165, 1.54) is 13.0 Å². The first-order valence-corrected chi connectivity index (χ1v) is 7.88. The van der Waals surface area contributed by atoms with E-state index in [-0.39, 0.29) is 0 Å². The van der Waals surface area contributed by atoms with E-state index >= 15 is 0 Å². The zero-order valence-corrected chi connectivity index (χ0v) is 12.3. The average Bonchev–Trinajstić information content (AvgIpc) is 3.18. The Labute approximate surface area is 116 Å². The molecule has 4 nitrogen and oxygen atoms in total. The molecular weight excluding hydrogens is 238 g/mol. The molecule has 2 unspecified atom stereocenters. The molecule has 108 valence electrons. The van der Waals surface area contributed by atoms with Crippen LogP contribution in [-0.4, -0.2) is 60.5 Å². The Hall–Kier alpha value is -0.610. The molecule has 0 aromatic carbocycles. The van der Waals surface area contributed by atoms with Crippen LogP contribution >= 0.6 is 0 Å².